The number of hydrogen-bond acceptors (Lipinski definition) is 5. The minimum Gasteiger partial charge on any atom is -0.456 e. The minimum absolute atomic E-state index is 0.0122. The second-order valence-corrected chi connectivity index (χ2v) is 5.10. The third-order valence-electron chi connectivity index (χ3n) is 2.91. The third-order valence-corrected chi connectivity index (χ3v) is 3.69. The van der Waals surface area contributed by atoms with Crippen molar-refractivity contribution in [2.24, 2.45) is 0 Å². The van der Waals surface area contributed by atoms with Crippen LogP contribution in [0.25, 0.3) is 0 Å². The Morgan fingerprint density at radius 1 is 1.29 bits per heavy atom. The summed E-state index contributed by atoms with van der Waals surface area (Å²) in [4.78, 5) is 11.1. The monoisotopic (exact) mass is 300 g/mol. The molecular formula is C15H12N2O3S. The van der Waals surface area contributed by atoms with E-state index >= 15 is 0 Å². The fraction of sp³-hybridized carbons (Fsp3) is 0.133. The van der Waals surface area contributed by atoms with Crippen LogP contribution in [0.4, 0.5) is 5.69 Å². The molecule has 2 aromatic carbocycles. The second kappa shape index (κ2) is 6.29. The summed E-state index contributed by atoms with van der Waals surface area (Å²) in [7, 11) is 0. The van der Waals surface area contributed by atoms with Gasteiger partial charge in [0.25, 0.3) is 5.69 Å². The van der Waals surface area contributed by atoms with Gasteiger partial charge in [-0.1, -0.05) is 6.07 Å². The molecule has 0 N–H and O–H groups in total. The van der Waals surface area contributed by atoms with E-state index in [4.69, 9.17) is 4.74 Å². The zero-order valence-corrected chi connectivity index (χ0v) is 12.3. The summed E-state index contributed by atoms with van der Waals surface area (Å²) in [6.45, 7) is 1.73. The molecular weight excluding hydrogens is 288 g/mol. The van der Waals surface area contributed by atoms with Gasteiger partial charge in [0.15, 0.2) is 0 Å². The molecule has 0 aromatic heterocycles. The van der Waals surface area contributed by atoms with Gasteiger partial charge in [-0.05, 0) is 36.9 Å². The Labute approximate surface area is 126 Å². The second-order valence-electron chi connectivity index (χ2n) is 4.25. The van der Waals surface area contributed by atoms with E-state index in [1.807, 2.05) is 18.4 Å². The molecule has 0 heterocycles. The summed E-state index contributed by atoms with van der Waals surface area (Å²) >= 11 is 1.46. The van der Waals surface area contributed by atoms with Crippen molar-refractivity contribution in [3.63, 3.8) is 0 Å². The molecule has 0 unspecified atom stereocenters. The van der Waals surface area contributed by atoms with Crippen LogP contribution in [0.3, 0.4) is 0 Å². The van der Waals surface area contributed by atoms with Crippen LogP contribution < -0.4 is 4.74 Å². The number of hydrogen-bond donors (Lipinski definition) is 0. The van der Waals surface area contributed by atoms with Crippen LogP contribution in [0.2, 0.25) is 0 Å². The molecule has 0 amide bonds. The van der Waals surface area contributed by atoms with Crippen LogP contribution >= 0.6 is 11.8 Å². The molecule has 0 aliphatic heterocycles. The Balaban J connectivity index is 2.39. The number of nitro groups is 1. The number of nitrogens with zero attached hydrogens (tertiary/aromatic N) is 2. The van der Waals surface area contributed by atoms with Gasteiger partial charge in [-0.15, -0.1) is 11.8 Å². The topological polar surface area (TPSA) is 76.2 Å². The molecule has 2 aromatic rings. The highest BCUT2D eigenvalue weighted by Crippen LogP contribution is 2.33. The fourth-order valence-corrected chi connectivity index (χ4v) is 2.42. The Morgan fingerprint density at radius 2 is 2.05 bits per heavy atom. The largest absolute Gasteiger partial charge is 0.456 e. The summed E-state index contributed by atoms with van der Waals surface area (Å²) in [5.41, 5.74) is 1.11. The maximum absolute atomic E-state index is 10.7. The molecule has 5 nitrogen and oxygen atoms in total. The molecule has 0 aliphatic carbocycles. The molecule has 0 fully saturated rings. The summed E-state index contributed by atoms with van der Waals surface area (Å²) < 4.78 is 5.75. The molecule has 0 bridgehead atoms. The molecule has 6 heteroatoms. The van der Waals surface area contributed by atoms with E-state index in [1.54, 1.807) is 19.1 Å². The lowest BCUT2D eigenvalue weighted by atomic mass is 10.2. The average molecular weight is 300 g/mol. The molecule has 0 atom stereocenters. The van der Waals surface area contributed by atoms with Gasteiger partial charge in [-0.25, -0.2) is 0 Å². The number of benzene rings is 2. The van der Waals surface area contributed by atoms with Gasteiger partial charge in [0, 0.05) is 17.0 Å². The number of nitriles is 1. The lowest BCUT2D eigenvalue weighted by Gasteiger charge is -2.11. The van der Waals surface area contributed by atoms with Gasteiger partial charge in [-0.2, -0.15) is 5.26 Å². The maximum atomic E-state index is 10.7. The summed E-state index contributed by atoms with van der Waals surface area (Å²) in [5.74, 6) is 0.941. The standard InChI is InChI=1S/C15H12N2O3S/c1-10-8-11(17(18)19)6-7-13(10)20-14-4-3-5-15(21-2)12(14)9-16/h3-8H,1-2H3. The van der Waals surface area contributed by atoms with Crippen molar-refractivity contribution in [1.29, 1.82) is 5.26 Å². The van der Waals surface area contributed by atoms with Gasteiger partial charge in [0.2, 0.25) is 0 Å². The number of thioether (sulfide) groups is 1. The number of rotatable bonds is 4. The molecule has 0 radical (unpaired) electrons. The minimum atomic E-state index is -0.453. The summed E-state index contributed by atoms with van der Waals surface area (Å²) in [6.07, 6.45) is 1.89. The molecule has 0 aliphatic rings. The Morgan fingerprint density at radius 3 is 2.62 bits per heavy atom. The molecule has 21 heavy (non-hydrogen) atoms. The quantitative estimate of drug-likeness (QED) is 0.478. The maximum Gasteiger partial charge on any atom is 0.269 e. The average Bonchev–Trinajstić information content (AvgIpc) is 2.48. The van der Waals surface area contributed by atoms with Crippen LogP contribution in [0, 0.1) is 28.4 Å². The predicted molar refractivity (Wildman–Crippen MR) is 80.8 cm³/mol. The van der Waals surface area contributed by atoms with E-state index in [0.717, 1.165) is 4.90 Å². The van der Waals surface area contributed by atoms with Crippen molar-refractivity contribution in [2.45, 2.75) is 11.8 Å². The zero-order valence-electron chi connectivity index (χ0n) is 11.5. The highest BCUT2D eigenvalue weighted by Gasteiger charge is 2.13. The van der Waals surface area contributed by atoms with E-state index in [2.05, 4.69) is 6.07 Å². The van der Waals surface area contributed by atoms with Crippen LogP contribution in [0.1, 0.15) is 11.1 Å². The first-order chi connectivity index (χ1) is 10.1. The van der Waals surface area contributed by atoms with Crippen molar-refractivity contribution >= 4 is 17.4 Å². The first kappa shape index (κ1) is 14.9. The molecule has 106 valence electrons. The van der Waals surface area contributed by atoms with Crippen molar-refractivity contribution in [3.05, 3.63) is 57.6 Å². The summed E-state index contributed by atoms with van der Waals surface area (Å²) in [6, 6.07) is 11.9. The van der Waals surface area contributed by atoms with Crippen LogP contribution in [-0.2, 0) is 0 Å². The van der Waals surface area contributed by atoms with Crippen molar-refractivity contribution < 1.29 is 9.66 Å². The lowest BCUT2D eigenvalue weighted by Crippen LogP contribution is -1.94. The van der Waals surface area contributed by atoms with Gasteiger partial charge < -0.3 is 4.74 Å². The number of ether oxygens (including phenoxy) is 1. The first-order valence-corrected chi connectivity index (χ1v) is 7.29. The summed E-state index contributed by atoms with van der Waals surface area (Å²) in [5, 5.41) is 20.0. The van der Waals surface area contributed by atoms with Crippen LogP contribution in [-0.4, -0.2) is 11.2 Å². The van der Waals surface area contributed by atoms with Gasteiger partial charge >= 0.3 is 0 Å². The highest BCUT2D eigenvalue weighted by atomic mass is 32.2. The van der Waals surface area contributed by atoms with Crippen LogP contribution in [0.15, 0.2) is 41.3 Å². The molecule has 0 saturated carbocycles. The Hall–Kier alpha value is -2.52. The van der Waals surface area contributed by atoms with E-state index < -0.39 is 4.92 Å². The number of non-ortho nitro benzene ring substituents is 1. The molecule has 2 rings (SSSR count). The van der Waals surface area contributed by atoms with E-state index in [1.165, 1.54) is 23.9 Å². The van der Waals surface area contributed by atoms with E-state index in [-0.39, 0.29) is 5.69 Å². The molecule has 0 spiro atoms. The normalized spacial score (nSPS) is 9.95. The Kier molecular flexibility index (Phi) is 4.45. The number of aryl methyl sites for hydroxylation is 1. The lowest BCUT2D eigenvalue weighted by molar-refractivity contribution is -0.384. The fourth-order valence-electron chi connectivity index (χ4n) is 1.86. The first-order valence-electron chi connectivity index (χ1n) is 6.07. The van der Waals surface area contributed by atoms with E-state index in [0.29, 0.717) is 22.6 Å². The van der Waals surface area contributed by atoms with Gasteiger partial charge in [-0.3, -0.25) is 10.1 Å². The van der Waals surface area contributed by atoms with Crippen molar-refractivity contribution in [3.8, 4) is 17.6 Å². The van der Waals surface area contributed by atoms with Gasteiger partial charge in [0.05, 0.1) is 4.92 Å². The third kappa shape index (κ3) is 3.15. The molecule has 0 saturated heterocycles. The van der Waals surface area contributed by atoms with Crippen molar-refractivity contribution in [1.82, 2.24) is 0 Å². The Bertz CT molecular complexity index is 738. The van der Waals surface area contributed by atoms with Crippen LogP contribution in [0.5, 0.6) is 11.5 Å². The smallest absolute Gasteiger partial charge is 0.269 e. The SMILES string of the molecule is CSc1cccc(Oc2ccc([N+](=O)[O-])cc2C)c1C#N. The van der Waals surface area contributed by atoms with Crippen molar-refractivity contribution in [2.75, 3.05) is 6.26 Å². The van der Waals surface area contributed by atoms with Gasteiger partial charge in [0.1, 0.15) is 23.1 Å². The van der Waals surface area contributed by atoms with E-state index in [9.17, 15) is 15.4 Å². The highest BCUT2D eigenvalue weighted by molar-refractivity contribution is 7.98. The predicted octanol–water partition coefficient (Wildman–Crippen LogP) is 4.29. The number of nitro benzene ring substituents is 1. The zero-order chi connectivity index (χ0) is 15.4.